The zero-order chi connectivity index (χ0) is 5.98. The molecular formula is C3H7N5. The third-order valence-corrected chi connectivity index (χ3v) is 0.775. The summed E-state index contributed by atoms with van der Waals surface area (Å²) in [5.41, 5.74) is 3.68. The Morgan fingerprint density at radius 1 is 1.75 bits per heavy atom. The molecule has 1 atom stereocenters. The van der Waals surface area contributed by atoms with E-state index in [0.717, 1.165) is 0 Å². The van der Waals surface area contributed by atoms with Crippen molar-refractivity contribution in [3.05, 3.63) is 5.82 Å². The van der Waals surface area contributed by atoms with E-state index >= 15 is 0 Å². The van der Waals surface area contributed by atoms with Crippen molar-refractivity contribution in [2.45, 2.75) is 13.0 Å². The van der Waals surface area contributed by atoms with E-state index in [9.17, 15) is 0 Å². The number of hydrogen-bond donors (Lipinski definition) is 1. The fourth-order valence-electron chi connectivity index (χ4n) is 0.349. The van der Waals surface area contributed by atoms with Gasteiger partial charge in [-0.05, 0) is 6.92 Å². The lowest BCUT2D eigenvalue weighted by atomic mass is 10.4. The Kier molecular flexibility index (Phi) is 1.21. The van der Waals surface area contributed by atoms with Gasteiger partial charge in [-0.1, -0.05) is 0 Å². The maximum absolute atomic E-state index is 3.68. The molecule has 0 saturated heterocycles. The van der Waals surface area contributed by atoms with E-state index in [-0.39, 0.29) is 6.04 Å². The first-order valence-corrected chi connectivity index (χ1v) is 2.32. The van der Waals surface area contributed by atoms with Gasteiger partial charge in [0.05, 0.1) is 5.82 Å². The van der Waals surface area contributed by atoms with Crippen LogP contribution in [0.4, 0.5) is 0 Å². The number of hydrogen-bond acceptors (Lipinski definition) is 3. The van der Waals surface area contributed by atoms with Crippen LogP contribution in [-0.2, 0) is 0 Å². The van der Waals surface area contributed by atoms with E-state index in [4.69, 9.17) is 0 Å². The predicted molar refractivity (Wildman–Crippen MR) is 24.5 cm³/mol. The number of rotatable bonds is 1. The maximum atomic E-state index is 3.68. The van der Waals surface area contributed by atoms with Crippen molar-refractivity contribution >= 4 is 0 Å². The summed E-state index contributed by atoms with van der Waals surface area (Å²) in [4.78, 5) is 0. The molecule has 0 bridgehead atoms. The molecule has 0 radical (unpaired) electrons. The molecule has 44 valence electrons. The molecule has 0 amide bonds. The molecule has 0 aliphatic carbocycles. The first-order valence-electron chi connectivity index (χ1n) is 2.32. The van der Waals surface area contributed by atoms with Crippen LogP contribution in [0.1, 0.15) is 18.8 Å². The van der Waals surface area contributed by atoms with Gasteiger partial charge >= 0.3 is 0 Å². The number of tetrazole rings is 1. The van der Waals surface area contributed by atoms with E-state index in [1.165, 1.54) is 0 Å². The van der Waals surface area contributed by atoms with E-state index < -0.39 is 0 Å². The highest BCUT2D eigenvalue weighted by atomic mass is 15.5. The highest BCUT2D eigenvalue weighted by Gasteiger charge is 1.95. The second-order valence-electron chi connectivity index (χ2n) is 1.64. The molecule has 0 spiro atoms. The van der Waals surface area contributed by atoms with Crippen molar-refractivity contribution in [2.24, 2.45) is 0 Å². The summed E-state index contributed by atoms with van der Waals surface area (Å²) < 4.78 is 0. The summed E-state index contributed by atoms with van der Waals surface area (Å²) in [5.74, 6) is 0.602. The topological polar surface area (TPSA) is 80.4 Å². The molecule has 0 fully saturated rings. The van der Waals surface area contributed by atoms with Gasteiger partial charge < -0.3 is 10.8 Å². The highest BCUT2D eigenvalue weighted by Crippen LogP contribution is 1.91. The number of aromatic nitrogens is 4. The Morgan fingerprint density at radius 3 is 2.75 bits per heavy atom. The molecule has 1 aromatic heterocycles. The lowest BCUT2D eigenvalue weighted by Crippen LogP contribution is -2.52. The van der Waals surface area contributed by atoms with Crippen molar-refractivity contribution in [3.8, 4) is 0 Å². The molecular weight excluding hydrogens is 106 g/mol. The third kappa shape index (κ3) is 0.812. The molecule has 0 aromatic carbocycles. The van der Waals surface area contributed by atoms with Gasteiger partial charge in [-0.3, -0.25) is 10.3 Å². The molecule has 0 aliphatic heterocycles. The van der Waals surface area contributed by atoms with Crippen LogP contribution in [0.2, 0.25) is 0 Å². The van der Waals surface area contributed by atoms with Crippen molar-refractivity contribution in [1.29, 1.82) is 0 Å². The molecule has 0 aliphatic rings. The van der Waals surface area contributed by atoms with E-state index in [1.54, 1.807) is 0 Å². The molecule has 0 unspecified atom stereocenters. The fourth-order valence-corrected chi connectivity index (χ4v) is 0.349. The fraction of sp³-hybridized carbons (Fsp3) is 0.667. The van der Waals surface area contributed by atoms with Crippen LogP contribution in [0.25, 0.3) is 0 Å². The van der Waals surface area contributed by atoms with Crippen LogP contribution in [0.15, 0.2) is 0 Å². The minimum Gasteiger partial charge on any atom is -0.351 e. The molecule has 8 heavy (non-hydrogen) atoms. The van der Waals surface area contributed by atoms with Gasteiger partial charge in [0.1, 0.15) is 6.04 Å². The van der Waals surface area contributed by atoms with Crippen molar-refractivity contribution in [2.75, 3.05) is 0 Å². The van der Waals surface area contributed by atoms with Crippen molar-refractivity contribution in [3.63, 3.8) is 0 Å². The van der Waals surface area contributed by atoms with Crippen molar-refractivity contribution in [1.82, 2.24) is 20.6 Å². The highest BCUT2D eigenvalue weighted by molar-refractivity contribution is 4.77. The summed E-state index contributed by atoms with van der Waals surface area (Å²) in [6, 6.07) is 0.0880. The third-order valence-electron chi connectivity index (χ3n) is 0.775. The van der Waals surface area contributed by atoms with Gasteiger partial charge in [-0.25, -0.2) is 0 Å². The summed E-state index contributed by atoms with van der Waals surface area (Å²) in [6.45, 7) is 1.89. The lowest BCUT2D eigenvalue weighted by molar-refractivity contribution is -0.422. The Morgan fingerprint density at radius 2 is 2.50 bits per heavy atom. The van der Waals surface area contributed by atoms with E-state index in [2.05, 4.69) is 26.4 Å². The van der Waals surface area contributed by atoms with Crippen LogP contribution in [0, 0.1) is 0 Å². The Balaban J connectivity index is 2.77. The van der Waals surface area contributed by atoms with Gasteiger partial charge in [0.15, 0.2) is 0 Å². The SMILES string of the molecule is C[C@H]([NH3+])c1nnn[n-]1. The first-order chi connectivity index (χ1) is 3.80. The van der Waals surface area contributed by atoms with E-state index in [0.29, 0.717) is 5.82 Å². The van der Waals surface area contributed by atoms with Gasteiger partial charge in [-0.15, -0.1) is 0 Å². The largest absolute Gasteiger partial charge is 0.351 e. The van der Waals surface area contributed by atoms with Crippen molar-refractivity contribution < 1.29 is 5.73 Å². The monoisotopic (exact) mass is 113 g/mol. The second kappa shape index (κ2) is 1.87. The Hall–Kier alpha value is -0.970. The average Bonchev–Trinajstić information content (AvgIpc) is 2.12. The molecule has 1 rings (SSSR count). The van der Waals surface area contributed by atoms with Crippen LogP contribution < -0.4 is 10.8 Å². The number of quaternary nitrogens is 1. The summed E-state index contributed by atoms with van der Waals surface area (Å²) in [7, 11) is 0. The zero-order valence-electron chi connectivity index (χ0n) is 4.57. The van der Waals surface area contributed by atoms with E-state index in [1.807, 2.05) is 6.92 Å². The minimum atomic E-state index is 0.0880. The summed E-state index contributed by atoms with van der Waals surface area (Å²) >= 11 is 0. The summed E-state index contributed by atoms with van der Waals surface area (Å²) in [5, 5.41) is 13.7. The second-order valence-corrected chi connectivity index (χ2v) is 1.64. The van der Waals surface area contributed by atoms with Gasteiger partial charge in [-0.2, -0.15) is 5.21 Å². The normalized spacial score (nSPS) is 13.8. The van der Waals surface area contributed by atoms with Crippen LogP contribution in [0.5, 0.6) is 0 Å². The maximum Gasteiger partial charge on any atom is 0.114 e. The minimum absolute atomic E-state index is 0.0880. The smallest absolute Gasteiger partial charge is 0.114 e. The van der Waals surface area contributed by atoms with Gasteiger partial charge in [0, 0.05) is 0 Å². The molecule has 3 N–H and O–H groups in total. The predicted octanol–water partition coefficient (Wildman–Crippen LogP) is -1.87. The molecule has 5 nitrogen and oxygen atoms in total. The van der Waals surface area contributed by atoms with Gasteiger partial charge in [0.2, 0.25) is 0 Å². The molecule has 5 heteroatoms. The Bertz CT molecular complexity index is 143. The number of nitrogens with zero attached hydrogens (tertiary/aromatic N) is 4. The first kappa shape index (κ1) is 5.17. The lowest BCUT2D eigenvalue weighted by Gasteiger charge is -1.96. The van der Waals surface area contributed by atoms with Crippen LogP contribution in [-0.4, -0.2) is 15.5 Å². The average molecular weight is 113 g/mol. The molecule has 1 aromatic rings. The Labute approximate surface area is 46.3 Å². The molecule has 1 heterocycles. The standard InChI is InChI=1S/C3H6N5/c1-2(4)3-5-7-8-6-3/h2H,4H2,1H3/q-1/p+1/t2-/m0/s1. The van der Waals surface area contributed by atoms with Crippen LogP contribution >= 0.6 is 0 Å². The summed E-state index contributed by atoms with van der Waals surface area (Å²) in [6.07, 6.45) is 0. The zero-order valence-corrected chi connectivity index (χ0v) is 4.57. The van der Waals surface area contributed by atoms with Crippen LogP contribution in [0.3, 0.4) is 0 Å². The quantitative estimate of drug-likeness (QED) is 0.462. The van der Waals surface area contributed by atoms with Gasteiger partial charge in [0.25, 0.3) is 0 Å². The molecule has 0 saturated carbocycles.